The molecule has 2 aliphatic rings. The lowest BCUT2D eigenvalue weighted by Crippen LogP contribution is -2.50. The van der Waals surface area contributed by atoms with E-state index in [1.54, 1.807) is 18.3 Å². The Hall–Kier alpha value is -4.08. The van der Waals surface area contributed by atoms with Crippen molar-refractivity contribution in [2.45, 2.75) is 32.5 Å². The zero-order chi connectivity index (χ0) is 27.1. The van der Waals surface area contributed by atoms with Crippen LogP contribution in [-0.4, -0.2) is 37.9 Å². The van der Waals surface area contributed by atoms with Crippen LogP contribution < -0.4 is 10.2 Å². The molecule has 0 aliphatic carbocycles. The Bertz CT molecular complexity index is 1570. The summed E-state index contributed by atoms with van der Waals surface area (Å²) in [6.45, 7) is 2.70. The number of imide groups is 1. The lowest BCUT2D eigenvalue weighted by molar-refractivity contribution is -0.120. The van der Waals surface area contributed by atoms with Gasteiger partial charge in [-0.25, -0.2) is 14.2 Å². The number of benzene rings is 2. The first-order valence-electron chi connectivity index (χ1n) is 12.7. The first-order chi connectivity index (χ1) is 18.9. The average molecular weight is 545 g/mol. The van der Waals surface area contributed by atoms with E-state index in [2.05, 4.69) is 38.4 Å². The number of aromatic nitrogens is 3. The van der Waals surface area contributed by atoms with Crippen LogP contribution in [0.15, 0.2) is 60.9 Å². The van der Waals surface area contributed by atoms with Crippen molar-refractivity contribution in [3.8, 4) is 11.4 Å². The number of carbonyl (C=O) groups excluding carboxylic acids is 2. The number of amides is 3. The molecular formula is C29H26ClFN6O2. The van der Waals surface area contributed by atoms with Gasteiger partial charge in [-0.05, 0) is 41.0 Å². The largest absolute Gasteiger partial charge is 0.329 e. The number of nitrogens with one attached hydrogen (secondary N) is 1. The second-order valence-electron chi connectivity index (χ2n) is 9.92. The Morgan fingerprint density at radius 3 is 2.64 bits per heavy atom. The second kappa shape index (κ2) is 10.2. The van der Waals surface area contributed by atoms with E-state index in [-0.39, 0.29) is 18.1 Å². The molecule has 1 fully saturated rings. The smallest absolute Gasteiger partial charge is 0.314 e. The van der Waals surface area contributed by atoms with Crippen LogP contribution in [0.4, 0.5) is 15.0 Å². The van der Waals surface area contributed by atoms with Crippen molar-refractivity contribution in [1.82, 2.24) is 24.8 Å². The van der Waals surface area contributed by atoms with Gasteiger partial charge in [0.15, 0.2) is 0 Å². The summed E-state index contributed by atoms with van der Waals surface area (Å²) >= 11 is 6.17. The fourth-order valence-electron chi connectivity index (χ4n) is 5.21. The highest BCUT2D eigenvalue weighted by molar-refractivity contribution is 6.31. The van der Waals surface area contributed by atoms with Gasteiger partial charge < -0.3 is 4.57 Å². The van der Waals surface area contributed by atoms with Gasteiger partial charge in [-0.15, -0.1) is 0 Å². The van der Waals surface area contributed by atoms with Crippen LogP contribution in [0, 0.1) is 5.82 Å². The van der Waals surface area contributed by atoms with E-state index < -0.39 is 6.03 Å². The van der Waals surface area contributed by atoms with Crippen molar-refractivity contribution >= 4 is 29.4 Å². The van der Waals surface area contributed by atoms with Gasteiger partial charge in [0.05, 0.1) is 6.20 Å². The number of urea groups is 1. The van der Waals surface area contributed by atoms with Gasteiger partial charge in [-0.2, -0.15) is 0 Å². The molecule has 10 heteroatoms. The zero-order valence-corrected chi connectivity index (χ0v) is 22.1. The Morgan fingerprint density at radius 2 is 1.87 bits per heavy atom. The SMILES string of the molecule is Cn1c(N2CCC(=O)NC2=O)cnc1-c1ccc2c(c1)CN(Cc1ccc(Cc3c(F)cccc3Cl)nc1)C2. The number of hydrogen-bond donors (Lipinski definition) is 1. The average Bonchev–Trinajstić information content (AvgIpc) is 3.49. The van der Waals surface area contributed by atoms with Crippen LogP contribution in [0.5, 0.6) is 0 Å². The number of hydrogen-bond acceptors (Lipinski definition) is 5. The van der Waals surface area contributed by atoms with Crippen LogP contribution in [0.2, 0.25) is 5.02 Å². The molecule has 0 saturated carbocycles. The number of rotatable bonds is 6. The third-order valence-corrected chi connectivity index (χ3v) is 7.61. The Balaban J connectivity index is 1.12. The lowest BCUT2D eigenvalue weighted by Gasteiger charge is -2.26. The predicted molar refractivity (Wildman–Crippen MR) is 146 cm³/mol. The summed E-state index contributed by atoms with van der Waals surface area (Å²) < 4.78 is 16.0. The van der Waals surface area contributed by atoms with Crippen molar-refractivity contribution < 1.29 is 14.0 Å². The van der Waals surface area contributed by atoms with E-state index >= 15 is 0 Å². The predicted octanol–water partition coefficient (Wildman–Crippen LogP) is 4.83. The molecule has 3 amide bonds. The number of nitrogens with zero attached hydrogens (tertiary/aromatic N) is 5. The quantitative estimate of drug-likeness (QED) is 0.376. The molecule has 6 rings (SSSR count). The molecule has 0 unspecified atom stereocenters. The highest BCUT2D eigenvalue weighted by Crippen LogP contribution is 2.31. The standard InChI is InChI=1S/C29H26ClFN6O2/c1-35-27(37-10-9-26(38)34-29(37)39)14-33-28(35)19-6-7-20-16-36(17-21(20)11-19)15-18-5-8-22(32-13-18)12-23-24(30)3-2-4-25(23)31/h2-8,11,13-14H,9-10,12,15-17H2,1H3,(H,34,38,39). The van der Waals surface area contributed by atoms with Crippen LogP contribution in [-0.2, 0) is 37.9 Å². The molecule has 0 atom stereocenters. The molecular weight excluding hydrogens is 519 g/mol. The molecule has 39 heavy (non-hydrogen) atoms. The summed E-state index contributed by atoms with van der Waals surface area (Å²) in [7, 11) is 1.87. The molecule has 2 aliphatic heterocycles. The summed E-state index contributed by atoms with van der Waals surface area (Å²) in [6.07, 6.45) is 4.12. The normalized spacial score (nSPS) is 15.5. The maximum atomic E-state index is 14.1. The van der Waals surface area contributed by atoms with Gasteiger partial charge in [0.1, 0.15) is 17.5 Å². The molecule has 0 bridgehead atoms. The maximum Gasteiger partial charge on any atom is 0.329 e. The number of carbonyl (C=O) groups is 2. The van der Waals surface area contributed by atoms with Crippen LogP contribution in [0.1, 0.15) is 34.4 Å². The highest BCUT2D eigenvalue weighted by atomic mass is 35.5. The Morgan fingerprint density at radius 1 is 1.03 bits per heavy atom. The van der Waals surface area contributed by atoms with Gasteiger partial charge in [-0.3, -0.25) is 24.9 Å². The zero-order valence-electron chi connectivity index (χ0n) is 21.3. The van der Waals surface area contributed by atoms with Gasteiger partial charge in [0.2, 0.25) is 5.91 Å². The summed E-state index contributed by atoms with van der Waals surface area (Å²) in [5.41, 5.74) is 5.77. The number of halogens is 2. The summed E-state index contributed by atoms with van der Waals surface area (Å²) in [5, 5.41) is 2.77. The molecule has 2 aromatic heterocycles. The summed E-state index contributed by atoms with van der Waals surface area (Å²) in [4.78, 5) is 36.8. The molecule has 2 aromatic carbocycles. The van der Waals surface area contributed by atoms with E-state index in [0.717, 1.165) is 42.3 Å². The van der Waals surface area contributed by atoms with Gasteiger partial charge in [0, 0.05) is 74.1 Å². The molecule has 198 valence electrons. The molecule has 8 nitrogen and oxygen atoms in total. The van der Waals surface area contributed by atoms with Crippen LogP contribution in [0.25, 0.3) is 11.4 Å². The highest BCUT2D eigenvalue weighted by Gasteiger charge is 2.27. The lowest BCUT2D eigenvalue weighted by atomic mass is 10.1. The summed E-state index contributed by atoms with van der Waals surface area (Å²) in [5.74, 6) is 0.815. The number of anilines is 1. The molecule has 4 aromatic rings. The molecule has 1 N–H and O–H groups in total. The van der Waals surface area contributed by atoms with Crippen molar-refractivity contribution in [3.63, 3.8) is 0 Å². The van der Waals surface area contributed by atoms with Gasteiger partial charge in [-0.1, -0.05) is 35.9 Å². The van der Waals surface area contributed by atoms with E-state index in [1.807, 2.05) is 29.9 Å². The number of imidazole rings is 1. The summed E-state index contributed by atoms with van der Waals surface area (Å²) in [6, 6.07) is 14.6. The van der Waals surface area contributed by atoms with Crippen LogP contribution in [0.3, 0.4) is 0 Å². The number of fused-ring (bicyclic) bond motifs is 1. The topological polar surface area (TPSA) is 83.4 Å². The minimum atomic E-state index is -0.427. The fourth-order valence-corrected chi connectivity index (χ4v) is 5.44. The van der Waals surface area contributed by atoms with E-state index in [9.17, 15) is 14.0 Å². The van der Waals surface area contributed by atoms with E-state index in [0.29, 0.717) is 29.4 Å². The van der Waals surface area contributed by atoms with Crippen molar-refractivity contribution in [2.24, 2.45) is 7.05 Å². The molecule has 4 heterocycles. The van der Waals surface area contributed by atoms with Gasteiger partial charge in [0.25, 0.3) is 0 Å². The fraction of sp³-hybridized carbons (Fsp3) is 0.241. The van der Waals surface area contributed by atoms with Crippen molar-refractivity contribution in [1.29, 1.82) is 0 Å². The van der Waals surface area contributed by atoms with Gasteiger partial charge >= 0.3 is 6.03 Å². The second-order valence-corrected chi connectivity index (χ2v) is 10.3. The maximum absolute atomic E-state index is 14.1. The molecule has 0 radical (unpaired) electrons. The first kappa shape index (κ1) is 25.2. The monoisotopic (exact) mass is 544 g/mol. The number of pyridine rings is 1. The minimum Gasteiger partial charge on any atom is -0.314 e. The first-order valence-corrected chi connectivity index (χ1v) is 13.1. The third-order valence-electron chi connectivity index (χ3n) is 7.26. The Kier molecular flexibility index (Phi) is 6.62. The van der Waals surface area contributed by atoms with Crippen molar-refractivity contribution in [3.05, 3.63) is 99.7 Å². The van der Waals surface area contributed by atoms with Crippen LogP contribution >= 0.6 is 11.6 Å². The molecule has 1 saturated heterocycles. The van der Waals surface area contributed by atoms with Crippen molar-refractivity contribution in [2.75, 3.05) is 11.4 Å². The minimum absolute atomic E-state index is 0.263. The molecule has 0 spiro atoms. The third kappa shape index (κ3) is 5.03. The van der Waals surface area contributed by atoms with E-state index in [1.165, 1.54) is 22.1 Å². The Labute approximate surface area is 230 Å². The van der Waals surface area contributed by atoms with E-state index in [4.69, 9.17) is 11.6 Å².